The summed E-state index contributed by atoms with van der Waals surface area (Å²) in [5.74, 6) is 3.96. The van der Waals surface area contributed by atoms with Crippen molar-refractivity contribution in [2.24, 2.45) is 17.3 Å². The SMILES string of the molecule is C#C[C@]1(O)[C@H](O)C[C@H]2[C@@H]3CCc4ccccc4[C@H]3CC[C@@]21C. The molecule has 116 valence electrons. The summed E-state index contributed by atoms with van der Waals surface area (Å²) in [5.41, 5.74) is 1.26. The van der Waals surface area contributed by atoms with Crippen molar-refractivity contribution in [1.82, 2.24) is 0 Å². The molecule has 6 atom stereocenters. The fourth-order valence-corrected chi connectivity index (χ4v) is 5.80. The molecule has 2 saturated carbocycles. The fourth-order valence-electron chi connectivity index (χ4n) is 5.80. The van der Waals surface area contributed by atoms with Crippen molar-refractivity contribution in [3.8, 4) is 12.3 Å². The minimum Gasteiger partial charge on any atom is -0.389 e. The summed E-state index contributed by atoms with van der Waals surface area (Å²) < 4.78 is 0. The van der Waals surface area contributed by atoms with Crippen molar-refractivity contribution < 1.29 is 10.2 Å². The first-order valence-electron chi connectivity index (χ1n) is 8.47. The summed E-state index contributed by atoms with van der Waals surface area (Å²) in [4.78, 5) is 0. The topological polar surface area (TPSA) is 40.5 Å². The van der Waals surface area contributed by atoms with E-state index in [1.807, 2.05) is 0 Å². The molecule has 2 N–H and O–H groups in total. The van der Waals surface area contributed by atoms with Crippen LogP contribution in [0.3, 0.4) is 0 Å². The molecule has 0 aliphatic heterocycles. The van der Waals surface area contributed by atoms with Crippen molar-refractivity contribution in [3.63, 3.8) is 0 Å². The maximum absolute atomic E-state index is 10.9. The third-order valence-corrected chi connectivity index (χ3v) is 7.08. The van der Waals surface area contributed by atoms with Gasteiger partial charge in [-0.25, -0.2) is 0 Å². The number of rotatable bonds is 0. The zero-order valence-electron chi connectivity index (χ0n) is 13.1. The van der Waals surface area contributed by atoms with Gasteiger partial charge in [-0.05, 0) is 61.0 Å². The summed E-state index contributed by atoms with van der Waals surface area (Å²) in [7, 11) is 0. The molecule has 0 amide bonds. The molecule has 4 rings (SSSR count). The second kappa shape index (κ2) is 4.60. The number of benzene rings is 1. The zero-order chi connectivity index (χ0) is 15.5. The summed E-state index contributed by atoms with van der Waals surface area (Å²) in [6, 6.07) is 8.78. The van der Waals surface area contributed by atoms with Gasteiger partial charge in [-0.3, -0.25) is 0 Å². The van der Waals surface area contributed by atoms with Crippen LogP contribution in [0.25, 0.3) is 0 Å². The van der Waals surface area contributed by atoms with Gasteiger partial charge in [0.25, 0.3) is 0 Å². The molecule has 0 radical (unpaired) electrons. The predicted octanol–water partition coefficient (Wildman–Crippen LogP) is 2.88. The van der Waals surface area contributed by atoms with Crippen molar-refractivity contribution in [1.29, 1.82) is 0 Å². The Balaban J connectivity index is 1.75. The minimum atomic E-state index is -1.36. The maximum Gasteiger partial charge on any atom is 0.156 e. The van der Waals surface area contributed by atoms with Crippen LogP contribution in [-0.2, 0) is 6.42 Å². The average molecular weight is 296 g/mol. The molecule has 0 bridgehead atoms. The Kier molecular flexibility index (Phi) is 2.99. The highest BCUT2D eigenvalue weighted by molar-refractivity contribution is 5.36. The lowest BCUT2D eigenvalue weighted by Gasteiger charge is -2.51. The monoisotopic (exact) mass is 296 g/mol. The van der Waals surface area contributed by atoms with Crippen molar-refractivity contribution in [3.05, 3.63) is 35.4 Å². The lowest BCUT2D eigenvalue weighted by molar-refractivity contribution is -0.101. The van der Waals surface area contributed by atoms with Gasteiger partial charge in [0.2, 0.25) is 0 Å². The van der Waals surface area contributed by atoms with Gasteiger partial charge in [-0.2, -0.15) is 0 Å². The van der Waals surface area contributed by atoms with Crippen LogP contribution in [0.5, 0.6) is 0 Å². The Labute approximate surface area is 132 Å². The molecule has 3 aliphatic rings. The summed E-state index contributed by atoms with van der Waals surface area (Å²) in [6.45, 7) is 2.10. The normalized spacial score (nSPS) is 46.3. The van der Waals surface area contributed by atoms with Crippen molar-refractivity contribution in [2.45, 2.75) is 56.7 Å². The van der Waals surface area contributed by atoms with Crippen LogP contribution in [0, 0.1) is 29.6 Å². The number of terminal acetylenes is 1. The van der Waals surface area contributed by atoms with Gasteiger partial charge in [0.05, 0.1) is 6.10 Å². The van der Waals surface area contributed by atoms with E-state index in [-0.39, 0.29) is 5.41 Å². The summed E-state index contributed by atoms with van der Waals surface area (Å²) >= 11 is 0. The van der Waals surface area contributed by atoms with E-state index in [9.17, 15) is 10.2 Å². The molecular weight excluding hydrogens is 272 g/mol. The second-order valence-electron chi connectivity index (χ2n) is 7.73. The Morgan fingerprint density at radius 3 is 2.82 bits per heavy atom. The van der Waals surface area contributed by atoms with E-state index in [1.165, 1.54) is 11.1 Å². The minimum absolute atomic E-state index is 0.315. The molecule has 0 unspecified atom stereocenters. The van der Waals surface area contributed by atoms with Crippen LogP contribution in [0.4, 0.5) is 0 Å². The Bertz CT molecular complexity index is 645. The number of hydrogen-bond acceptors (Lipinski definition) is 2. The van der Waals surface area contributed by atoms with E-state index in [2.05, 4.69) is 37.1 Å². The molecule has 2 nitrogen and oxygen atoms in total. The molecular formula is C20H24O2. The molecule has 22 heavy (non-hydrogen) atoms. The van der Waals surface area contributed by atoms with Gasteiger partial charge in [0, 0.05) is 5.41 Å². The van der Waals surface area contributed by atoms with E-state index in [0.717, 1.165) is 25.7 Å². The van der Waals surface area contributed by atoms with Gasteiger partial charge >= 0.3 is 0 Å². The van der Waals surface area contributed by atoms with Gasteiger partial charge in [-0.1, -0.05) is 37.1 Å². The van der Waals surface area contributed by atoms with Crippen LogP contribution in [0.1, 0.15) is 49.7 Å². The first-order chi connectivity index (χ1) is 10.5. The van der Waals surface area contributed by atoms with Crippen LogP contribution in [0.15, 0.2) is 24.3 Å². The third kappa shape index (κ3) is 1.59. The maximum atomic E-state index is 10.9. The van der Waals surface area contributed by atoms with Crippen LogP contribution in [0.2, 0.25) is 0 Å². The van der Waals surface area contributed by atoms with E-state index in [0.29, 0.717) is 24.2 Å². The highest BCUT2D eigenvalue weighted by Crippen LogP contribution is 2.64. The van der Waals surface area contributed by atoms with Crippen LogP contribution >= 0.6 is 0 Å². The highest BCUT2D eigenvalue weighted by atomic mass is 16.3. The van der Waals surface area contributed by atoms with Crippen LogP contribution < -0.4 is 0 Å². The predicted molar refractivity (Wildman–Crippen MR) is 86.2 cm³/mol. The number of fused-ring (bicyclic) bond motifs is 5. The molecule has 3 aliphatic carbocycles. The van der Waals surface area contributed by atoms with E-state index >= 15 is 0 Å². The summed E-state index contributed by atoms with van der Waals surface area (Å²) in [5, 5.41) is 21.4. The number of aryl methyl sites for hydroxylation is 1. The molecule has 2 heteroatoms. The summed E-state index contributed by atoms with van der Waals surface area (Å²) in [6.07, 6.45) is 9.69. The van der Waals surface area contributed by atoms with Gasteiger partial charge < -0.3 is 10.2 Å². The fraction of sp³-hybridized carbons (Fsp3) is 0.600. The largest absolute Gasteiger partial charge is 0.389 e. The van der Waals surface area contributed by atoms with Crippen molar-refractivity contribution >= 4 is 0 Å². The number of hydrogen-bond donors (Lipinski definition) is 2. The third-order valence-electron chi connectivity index (χ3n) is 7.08. The first kappa shape index (κ1) is 14.3. The van der Waals surface area contributed by atoms with E-state index in [1.54, 1.807) is 0 Å². The Morgan fingerprint density at radius 1 is 1.27 bits per heavy atom. The van der Waals surface area contributed by atoms with Gasteiger partial charge in [0.15, 0.2) is 5.60 Å². The molecule has 1 aromatic carbocycles. The molecule has 0 heterocycles. The smallest absolute Gasteiger partial charge is 0.156 e. The van der Waals surface area contributed by atoms with Crippen molar-refractivity contribution in [2.75, 3.05) is 0 Å². The lowest BCUT2D eigenvalue weighted by atomic mass is 9.53. The van der Waals surface area contributed by atoms with E-state index in [4.69, 9.17) is 6.42 Å². The Hall–Kier alpha value is -1.30. The second-order valence-corrected chi connectivity index (χ2v) is 7.73. The molecule has 2 fully saturated rings. The average Bonchev–Trinajstić information content (AvgIpc) is 2.75. The lowest BCUT2D eigenvalue weighted by Crippen LogP contribution is -2.53. The van der Waals surface area contributed by atoms with Gasteiger partial charge in [0.1, 0.15) is 0 Å². The quantitative estimate of drug-likeness (QED) is 0.723. The molecule has 0 aromatic heterocycles. The number of aliphatic hydroxyl groups is 2. The first-order valence-corrected chi connectivity index (χ1v) is 8.47. The Morgan fingerprint density at radius 2 is 2.05 bits per heavy atom. The molecule has 0 spiro atoms. The zero-order valence-corrected chi connectivity index (χ0v) is 13.1. The van der Waals surface area contributed by atoms with Gasteiger partial charge in [-0.15, -0.1) is 6.42 Å². The molecule has 1 aromatic rings. The standard InChI is InChI=1S/C20H24O2/c1-3-20(22)18(21)12-17-16-9-8-13-6-4-5-7-14(13)15(16)10-11-19(17,20)2/h1,4-7,15-18,21-22H,8-12H2,2H3/t15-,16-,17+,18-,19+,20+/m1/s1. The highest BCUT2D eigenvalue weighted by Gasteiger charge is 2.65. The van der Waals surface area contributed by atoms with E-state index < -0.39 is 11.7 Å². The molecule has 0 saturated heterocycles. The number of aliphatic hydroxyl groups excluding tert-OH is 1. The van der Waals surface area contributed by atoms with Crippen LogP contribution in [-0.4, -0.2) is 21.9 Å².